The van der Waals surface area contributed by atoms with Gasteiger partial charge in [0.15, 0.2) is 0 Å². The molecule has 0 amide bonds. The van der Waals surface area contributed by atoms with Gasteiger partial charge in [0.2, 0.25) is 0 Å². The number of benzene rings is 1. The van der Waals surface area contributed by atoms with Crippen LogP contribution in [0.5, 0.6) is 5.75 Å². The molecule has 1 aromatic rings. The highest BCUT2D eigenvalue weighted by molar-refractivity contribution is 6.62. The summed E-state index contributed by atoms with van der Waals surface area (Å²) in [5, 5.41) is 0. The first-order valence-electron chi connectivity index (χ1n) is 8.18. The lowest BCUT2D eigenvalue weighted by Gasteiger charge is -2.32. The monoisotopic (exact) mass is 333 g/mol. The molecule has 0 aromatic heterocycles. The fraction of sp³-hybridized carbons (Fsp3) is 0.588. The number of rotatable bonds is 3. The van der Waals surface area contributed by atoms with E-state index in [1.165, 1.54) is 7.11 Å². The van der Waals surface area contributed by atoms with Gasteiger partial charge in [-0.1, -0.05) is 6.07 Å². The zero-order valence-electron chi connectivity index (χ0n) is 14.9. The van der Waals surface area contributed by atoms with Crippen molar-refractivity contribution in [2.75, 3.05) is 31.7 Å². The van der Waals surface area contributed by atoms with Crippen molar-refractivity contribution in [1.29, 1.82) is 0 Å². The van der Waals surface area contributed by atoms with E-state index in [1.54, 1.807) is 0 Å². The van der Waals surface area contributed by atoms with Gasteiger partial charge in [0.25, 0.3) is 0 Å². The van der Waals surface area contributed by atoms with Crippen molar-refractivity contribution in [2.45, 2.75) is 38.9 Å². The van der Waals surface area contributed by atoms with Gasteiger partial charge in [-0.15, -0.1) is 0 Å². The molecule has 0 aliphatic carbocycles. The molecular formula is C17H24BNO5. The number of fused-ring (bicyclic) bond motifs is 1. The van der Waals surface area contributed by atoms with E-state index in [4.69, 9.17) is 18.8 Å². The molecule has 130 valence electrons. The molecule has 1 fully saturated rings. The largest absolute Gasteiger partial charge is 0.494 e. The van der Waals surface area contributed by atoms with Gasteiger partial charge >= 0.3 is 13.1 Å². The predicted octanol–water partition coefficient (Wildman–Crippen LogP) is 1.36. The molecule has 0 saturated carbocycles. The van der Waals surface area contributed by atoms with Gasteiger partial charge in [0.05, 0.1) is 30.5 Å². The van der Waals surface area contributed by atoms with E-state index in [-0.39, 0.29) is 23.7 Å². The Bertz CT molecular complexity index is 630. The topological polar surface area (TPSA) is 57.2 Å². The maximum absolute atomic E-state index is 11.6. The maximum Gasteiger partial charge on any atom is 0.494 e. The van der Waals surface area contributed by atoms with Crippen LogP contribution in [0.2, 0.25) is 0 Å². The summed E-state index contributed by atoms with van der Waals surface area (Å²) in [6.07, 6.45) is 0. The SMILES string of the molecule is COC(=O)CN1CCOc2cc(B3OC(C)(C)C(C)(C)O3)ccc21. The third-order valence-electron chi connectivity index (χ3n) is 5.02. The van der Waals surface area contributed by atoms with E-state index in [2.05, 4.69) is 0 Å². The molecular weight excluding hydrogens is 309 g/mol. The molecule has 2 aliphatic rings. The fourth-order valence-corrected chi connectivity index (χ4v) is 2.80. The number of carbonyl (C=O) groups excluding carboxylic acids is 1. The first kappa shape index (κ1) is 17.1. The van der Waals surface area contributed by atoms with Crippen LogP contribution in [-0.2, 0) is 18.8 Å². The number of esters is 1. The minimum absolute atomic E-state index is 0.211. The molecule has 1 saturated heterocycles. The van der Waals surface area contributed by atoms with Crippen LogP contribution >= 0.6 is 0 Å². The van der Waals surface area contributed by atoms with E-state index in [0.717, 1.165) is 16.9 Å². The predicted molar refractivity (Wildman–Crippen MR) is 91.9 cm³/mol. The third kappa shape index (κ3) is 2.98. The van der Waals surface area contributed by atoms with Crippen LogP contribution in [0.25, 0.3) is 0 Å². The van der Waals surface area contributed by atoms with Crippen molar-refractivity contribution >= 4 is 24.2 Å². The highest BCUT2D eigenvalue weighted by Crippen LogP contribution is 2.37. The van der Waals surface area contributed by atoms with Crippen molar-refractivity contribution < 1.29 is 23.6 Å². The molecule has 2 aliphatic heterocycles. The molecule has 6 nitrogen and oxygen atoms in total. The Hall–Kier alpha value is -1.73. The van der Waals surface area contributed by atoms with E-state index in [0.29, 0.717) is 13.2 Å². The molecule has 1 aromatic carbocycles. The normalized spacial score (nSPS) is 21.2. The summed E-state index contributed by atoms with van der Waals surface area (Å²) in [5.41, 5.74) is 1.02. The number of hydrogen-bond acceptors (Lipinski definition) is 6. The number of ether oxygens (including phenoxy) is 2. The summed E-state index contributed by atoms with van der Waals surface area (Å²) in [7, 11) is 0.963. The molecule has 7 heteroatoms. The van der Waals surface area contributed by atoms with Crippen LogP contribution in [0.15, 0.2) is 18.2 Å². The van der Waals surface area contributed by atoms with Crippen molar-refractivity contribution in [2.24, 2.45) is 0 Å². The van der Waals surface area contributed by atoms with Gasteiger partial charge in [-0.2, -0.15) is 0 Å². The summed E-state index contributed by atoms with van der Waals surface area (Å²) in [5.74, 6) is 0.468. The molecule has 0 unspecified atom stereocenters. The van der Waals surface area contributed by atoms with Crippen LogP contribution in [0.4, 0.5) is 5.69 Å². The second kappa shape index (κ2) is 5.97. The molecule has 24 heavy (non-hydrogen) atoms. The van der Waals surface area contributed by atoms with Crippen LogP contribution < -0.4 is 15.1 Å². The van der Waals surface area contributed by atoms with Crippen molar-refractivity contribution in [3.8, 4) is 5.75 Å². The number of carbonyl (C=O) groups is 1. The zero-order valence-corrected chi connectivity index (χ0v) is 14.9. The average Bonchev–Trinajstić information content (AvgIpc) is 2.75. The summed E-state index contributed by atoms with van der Waals surface area (Å²) in [6, 6.07) is 5.83. The first-order valence-corrected chi connectivity index (χ1v) is 8.18. The Labute approximate surface area is 143 Å². The number of nitrogens with zero attached hydrogens (tertiary/aromatic N) is 1. The second-order valence-electron chi connectivity index (χ2n) is 7.16. The summed E-state index contributed by atoms with van der Waals surface area (Å²) in [6.45, 7) is 9.50. The van der Waals surface area contributed by atoms with Crippen molar-refractivity contribution in [3.05, 3.63) is 18.2 Å². The number of anilines is 1. The van der Waals surface area contributed by atoms with E-state index in [9.17, 15) is 4.79 Å². The van der Waals surface area contributed by atoms with Gasteiger partial charge in [-0.25, -0.2) is 0 Å². The Morgan fingerprint density at radius 3 is 2.54 bits per heavy atom. The maximum atomic E-state index is 11.6. The lowest BCUT2D eigenvalue weighted by molar-refractivity contribution is -0.139. The molecule has 2 heterocycles. The Kier molecular flexibility index (Phi) is 4.26. The van der Waals surface area contributed by atoms with Crippen LogP contribution in [0.1, 0.15) is 27.7 Å². The van der Waals surface area contributed by atoms with E-state index in [1.807, 2.05) is 50.8 Å². The summed E-state index contributed by atoms with van der Waals surface area (Å²) < 4.78 is 22.7. The average molecular weight is 333 g/mol. The second-order valence-corrected chi connectivity index (χ2v) is 7.16. The summed E-state index contributed by atoms with van der Waals surface area (Å²) in [4.78, 5) is 13.5. The number of methoxy groups -OCH3 is 1. The molecule has 3 rings (SSSR count). The van der Waals surface area contributed by atoms with Gasteiger partial charge in [0, 0.05) is 0 Å². The Morgan fingerprint density at radius 2 is 1.92 bits per heavy atom. The Morgan fingerprint density at radius 1 is 1.25 bits per heavy atom. The Balaban J connectivity index is 1.83. The van der Waals surface area contributed by atoms with Crippen LogP contribution in [0.3, 0.4) is 0 Å². The van der Waals surface area contributed by atoms with Crippen molar-refractivity contribution in [3.63, 3.8) is 0 Å². The lowest BCUT2D eigenvalue weighted by atomic mass is 9.79. The van der Waals surface area contributed by atoms with Crippen LogP contribution in [0, 0.1) is 0 Å². The highest BCUT2D eigenvalue weighted by Gasteiger charge is 2.51. The lowest BCUT2D eigenvalue weighted by Crippen LogP contribution is -2.41. The minimum atomic E-state index is -0.431. The smallest absolute Gasteiger partial charge is 0.490 e. The van der Waals surface area contributed by atoms with E-state index >= 15 is 0 Å². The molecule has 0 atom stereocenters. The quantitative estimate of drug-likeness (QED) is 0.615. The number of hydrogen-bond donors (Lipinski definition) is 0. The molecule has 0 N–H and O–H groups in total. The van der Waals surface area contributed by atoms with Gasteiger partial charge < -0.3 is 23.7 Å². The summed E-state index contributed by atoms with van der Waals surface area (Å²) >= 11 is 0. The van der Waals surface area contributed by atoms with Crippen molar-refractivity contribution in [1.82, 2.24) is 0 Å². The molecule has 0 bridgehead atoms. The fourth-order valence-electron chi connectivity index (χ4n) is 2.80. The van der Waals surface area contributed by atoms with Gasteiger partial charge in [-0.3, -0.25) is 4.79 Å². The standard InChI is InChI=1S/C17H24BNO5/c1-16(2)17(3,4)24-18(23-16)12-6-7-13-14(10-12)22-9-8-19(13)11-15(20)21-5/h6-7,10H,8-9,11H2,1-5H3. The molecule has 0 spiro atoms. The van der Waals surface area contributed by atoms with Gasteiger partial charge in [-0.05, 0) is 45.3 Å². The van der Waals surface area contributed by atoms with E-state index < -0.39 is 7.12 Å². The first-order chi connectivity index (χ1) is 11.2. The molecule has 0 radical (unpaired) electrons. The minimum Gasteiger partial charge on any atom is -0.490 e. The highest BCUT2D eigenvalue weighted by atomic mass is 16.7. The van der Waals surface area contributed by atoms with Gasteiger partial charge in [0.1, 0.15) is 18.9 Å². The van der Waals surface area contributed by atoms with Crippen LogP contribution in [-0.4, -0.2) is 51.1 Å². The third-order valence-corrected chi connectivity index (χ3v) is 5.02. The zero-order chi connectivity index (χ0) is 17.5.